The van der Waals surface area contributed by atoms with Gasteiger partial charge in [-0.2, -0.15) is 0 Å². The molecular formula is C21H24ClN3O4S. The van der Waals surface area contributed by atoms with Crippen molar-refractivity contribution in [1.29, 1.82) is 0 Å². The van der Waals surface area contributed by atoms with E-state index in [2.05, 4.69) is 10.0 Å². The summed E-state index contributed by atoms with van der Waals surface area (Å²) in [6.07, 6.45) is 1.39. The summed E-state index contributed by atoms with van der Waals surface area (Å²) in [5.74, 6) is -0.397. The first-order chi connectivity index (χ1) is 14.2. The van der Waals surface area contributed by atoms with Crippen LogP contribution in [-0.2, 0) is 14.8 Å². The summed E-state index contributed by atoms with van der Waals surface area (Å²) in [6, 6.07) is 11.5. The summed E-state index contributed by atoms with van der Waals surface area (Å²) in [5.41, 5.74) is 0.728. The molecule has 0 bridgehead atoms. The fraction of sp³-hybridized carbons (Fsp3) is 0.333. The normalized spacial score (nSPS) is 16.5. The average molecular weight is 450 g/mol. The molecule has 1 saturated heterocycles. The molecule has 30 heavy (non-hydrogen) atoms. The first kappa shape index (κ1) is 22.1. The van der Waals surface area contributed by atoms with Gasteiger partial charge in [0.05, 0.1) is 4.90 Å². The van der Waals surface area contributed by atoms with Gasteiger partial charge in [-0.25, -0.2) is 8.42 Å². The first-order valence-corrected chi connectivity index (χ1v) is 11.5. The molecule has 2 N–H and O–H groups in total. The molecule has 1 unspecified atom stereocenters. The molecule has 1 fully saturated rings. The molecule has 0 saturated carbocycles. The number of likely N-dealkylation sites (tertiary alicyclic amines) is 1. The van der Waals surface area contributed by atoms with Gasteiger partial charge < -0.3 is 10.2 Å². The third-order valence-corrected chi connectivity index (χ3v) is 6.40. The third kappa shape index (κ3) is 5.12. The van der Waals surface area contributed by atoms with Crippen LogP contribution in [0.2, 0.25) is 5.02 Å². The zero-order valence-electron chi connectivity index (χ0n) is 16.8. The highest BCUT2D eigenvalue weighted by Gasteiger charge is 2.34. The number of hydrogen-bond donors (Lipinski definition) is 2. The van der Waals surface area contributed by atoms with Gasteiger partial charge in [-0.3, -0.25) is 14.3 Å². The van der Waals surface area contributed by atoms with Crippen LogP contribution in [0.5, 0.6) is 0 Å². The predicted octanol–water partition coefficient (Wildman–Crippen LogP) is 3.27. The highest BCUT2D eigenvalue weighted by molar-refractivity contribution is 7.92. The fourth-order valence-electron chi connectivity index (χ4n) is 3.34. The van der Waals surface area contributed by atoms with Crippen LogP contribution in [0.15, 0.2) is 53.4 Å². The van der Waals surface area contributed by atoms with Gasteiger partial charge in [0.15, 0.2) is 0 Å². The van der Waals surface area contributed by atoms with Crippen LogP contribution in [0.1, 0.15) is 37.0 Å². The Labute approximate surface area is 181 Å². The quantitative estimate of drug-likeness (QED) is 0.707. The van der Waals surface area contributed by atoms with Gasteiger partial charge in [-0.15, -0.1) is 0 Å². The van der Waals surface area contributed by atoms with Crippen LogP contribution in [0, 0.1) is 0 Å². The maximum atomic E-state index is 12.9. The van der Waals surface area contributed by atoms with E-state index in [9.17, 15) is 18.0 Å². The highest BCUT2D eigenvalue weighted by Crippen LogP contribution is 2.23. The Bertz CT molecular complexity index is 1020. The number of sulfonamides is 1. The van der Waals surface area contributed by atoms with Gasteiger partial charge in [0, 0.05) is 28.9 Å². The number of hydrogen-bond acceptors (Lipinski definition) is 4. The molecule has 1 aliphatic rings. The lowest BCUT2D eigenvalue weighted by molar-refractivity contribution is -0.125. The first-order valence-electron chi connectivity index (χ1n) is 9.67. The molecule has 0 spiro atoms. The smallest absolute Gasteiger partial charge is 0.261 e. The number of carbonyl (C=O) groups is 2. The van der Waals surface area contributed by atoms with E-state index in [4.69, 9.17) is 11.6 Å². The van der Waals surface area contributed by atoms with Crippen LogP contribution in [0.25, 0.3) is 0 Å². The van der Waals surface area contributed by atoms with Crippen molar-refractivity contribution >= 4 is 39.1 Å². The Kier molecular flexibility index (Phi) is 6.67. The van der Waals surface area contributed by atoms with E-state index in [1.165, 1.54) is 36.4 Å². The fourth-order valence-corrected chi connectivity index (χ4v) is 4.52. The maximum absolute atomic E-state index is 12.9. The monoisotopic (exact) mass is 449 g/mol. The van der Waals surface area contributed by atoms with Crippen molar-refractivity contribution in [2.75, 3.05) is 11.3 Å². The Morgan fingerprint density at radius 2 is 1.70 bits per heavy atom. The summed E-state index contributed by atoms with van der Waals surface area (Å²) in [7, 11) is -3.77. The molecule has 7 nitrogen and oxygen atoms in total. The van der Waals surface area contributed by atoms with Gasteiger partial charge in [-0.1, -0.05) is 11.6 Å². The Morgan fingerprint density at radius 1 is 1.07 bits per heavy atom. The number of nitrogens with zero attached hydrogens (tertiary/aromatic N) is 1. The van der Waals surface area contributed by atoms with E-state index in [1.807, 2.05) is 13.8 Å². The Morgan fingerprint density at radius 3 is 2.30 bits per heavy atom. The van der Waals surface area contributed by atoms with Crippen LogP contribution in [-0.4, -0.2) is 43.8 Å². The van der Waals surface area contributed by atoms with Crippen molar-refractivity contribution in [1.82, 2.24) is 10.2 Å². The topological polar surface area (TPSA) is 95.6 Å². The summed E-state index contributed by atoms with van der Waals surface area (Å²) >= 11 is 5.80. The third-order valence-electron chi connectivity index (χ3n) is 4.76. The second kappa shape index (κ2) is 9.06. The lowest BCUT2D eigenvalue weighted by atomic mass is 10.1. The summed E-state index contributed by atoms with van der Waals surface area (Å²) in [5, 5.41) is 3.30. The maximum Gasteiger partial charge on any atom is 0.261 e. The molecule has 1 heterocycles. The lowest BCUT2D eigenvalue weighted by Gasteiger charge is -2.25. The molecule has 1 aliphatic heterocycles. The van der Waals surface area contributed by atoms with E-state index < -0.39 is 16.1 Å². The van der Waals surface area contributed by atoms with Gasteiger partial charge in [0.25, 0.3) is 15.9 Å². The predicted molar refractivity (Wildman–Crippen MR) is 116 cm³/mol. The number of benzene rings is 2. The molecule has 0 radical (unpaired) electrons. The van der Waals surface area contributed by atoms with Crippen molar-refractivity contribution in [3.05, 3.63) is 59.1 Å². The number of nitrogens with one attached hydrogen (secondary N) is 2. The number of halogens is 1. The molecule has 2 aromatic rings. The van der Waals surface area contributed by atoms with E-state index in [0.717, 1.165) is 6.42 Å². The number of amides is 2. The lowest BCUT2D eigenvalue weighted by Crippen LogP contribution is -2.47. The van der Waals surface area contributed by atoms with E-state index in [-0.39, 0.29) is 22.8 Å². The molecule has 0 aliphatic carbocycles. The van der Waals surface area contributed by atoms with Crippen LogP contribution < -0.4 is 10.0 Å². The molecule has 3 rings (SSSR count). The minimum atomic E-state index is -3.77. The number of anilines is 1. The average Bonchev–Trinajstić information content (AvgIpc) is 3.17. The SMILES string of the molecule is CC(C)NC(=O)C1CCCN1C(=O)c1ccc(NS(=O)(=O)c2ccc(Cl)cc2)cc1. The summed E-state index contributed by atoms with van der Waals surface area (Å²) in [6.45, 7) is 4.27. The Balaban J connectivity index is 1.71. The number of carbonyl (C=O) groups excluding carboxylic acids is 2. The van der Waals surface area contributed by atoms with Crippen molar-refractivity contribution in [3.8, 4) is 0 Å². The minimum absolute atomic E-state index is 0.00278. The summed E-state index contributed by atoms with van der Waals surface area (Å²) < 4.78 is 27.4. The van der Waals surface area contributed by atoms with Gasteiger partial charge in [-0.05, 0) is 75.2 Å². The number of rotatable bonds is 6. The van der Waals surface area contributed by atoms with Gasteiger partial charge in [0.1, 0.15) is 6.04 Å². The Hall–Kier alpha value is -2.58. The molecule has 2 amide bonds. The van der Waals surface area contributed by atoms with E-state index in [0.29, 0.717) is 29.2 Å². The second-order valence-electron chi connectivity index (χ2n) is 7.46. The molecule has 2 aromatic carbocycles. The van der Waals surface area contributed by atoms with Crippen molar-refractivity contribution in [2.45, 2.75) is 43.7 Å². The largest absolute Gasteiger partial charge is 0.352 e. The van der Waals surface area contributed by atoms with E-state index in [1.54, 1.807) is 17.0 Å². The van der Waals surface area contributed by atoms with Gasteiger partial charge >= 0.3 is 0 Å². The van der Waals surface area contributed by atoms with Crippen LogP contribution in [0.4, 0.5) is 5.69 Å². The molecule has 160 valence electrons. The van der Waals surface area contributed by atoms with Crippen LogP contribution in [0.3, 0.4) is 0 Å². The van der Waals surface area contributed by atoms with Crippen molar-refractivity contribution in [2.24, 2.45) is 0 Å². The van der Waals surface area contributed by atoms with E-state index >= 15 is 0 Å². The minimum Gasteiger partial charge on any atom is -0.352 e. The molecular weight excluding hydrogens is 426 g/mol. The molecule has 1 atom stereocenters. The van der Waals surface area contributed by atoms with Gasteiger partial charge in [0.2, 0.25) is 5.91 Å². The standard InChI is InChI=1S/C21H24ClN3O4S/c1-14(2)23-20(26)19-4-3-13-25(19)21(27)15-5-9-17(10-6-15)24-30(28,29)18-11-7-16(22)8-12-18/h5-12,14,19,24H,3-4,13H2,1-2H3,(H,23,26). The molecule has 0 aromatic heterocycles. The summed E-state index contributed by atoms with van der Waals surface area (Å²) in [4.78, 5) is 26.9. The van der Waals surface area contributed by atoms with Crippen LogP contribution >= 0.6 is 11.6 Å². The zero-order valence-corrected chi connectivity index (χ0v) is 18.3. The second-order valence-corrected chi connectivity index (χ2v) is 9.58. The van der Waals surface area contributed by atoms with Crippen molar-refractivity contribution in [3.63, 3.8) is 0 Å². The van der Waals surface area contributed by atoms with Crippen molar-refractivity contribution < 1.29 is 18.0 Å². The molecule has 9 heteroatoms. The highest BCUT2D eigenvalue weighted by atomic mass is 35.5. The zero-order chi connectivity index (χ0) is 21.9.